The van der Waals surface area contributed by atoms with Crippen LogP contribution < -0.4 is 133 Å². The van der Waals surface area contributed by atoms with Crippen molar-refractivity contribution in [2.45, 2.75) is 0 Å². The Morgan fingerprint density at radius 2 is 1.82 bits per heavy atom. The molecule has 0 radical (unpaired) electrons. The van der Waals surface area contributed by atoms with Gasteiger partial charge < -0.3 is 41.5 Å². The summed E-state index contributed by atoms with van der Waals surface area (Å²) in [6.45, 7) is -0.111. The number of fused-ring (bicyclic) bond motifs is 1. The fraction of sp³-hybridized carbons (Fsp3) is 0.211. The first-order valence-electron chi connectivity index (χ1n) is 8.44. The topological polar surface area (TPSA) is 155 Å². The molecule has 0 spiro atoms. The maximum absolute atomic E-state index is 10.9. The number of amides is 2. The van der Waals surface area contributed by atoms with Gasteiger partial charge in [-0.25, -0.2) is 0 Å². The molecule has 0 aromatic heterocycles. The van der Waals surface area contributed by atoms with Crippen molar-refractivity contribution in [2.24, 2.45) is 0 Å². The summed E-state index contributed by atoms with van der Waals surface area (Å²) in [6.07, 6.45) is 0. The molecule has 0 fully saturated rings. The Hall–Kier alpha value is -0.427. The largest absolute Gasteiger partial charge is 1.00 e. The number of phenolic OH excluding ortho intramolecular Hbond substituents is 1. The van der Waals surface area contributed by atoms with Gasteiger partial charge in [-0.3, -0.25) is 14.4 Å². The number of hydrogen-bond acceptors (Lipinski definition) is 9. The van der Waals surface area contributed by atoms with Gasteiger partial charge in [0.25, 0.3) is 12.4 Å². The minimum atomic E-state index is -0.368. The zero-order chi connectivity index (χ0) is 23.2. The van der Waals surface area contributed by atoms with E-state index in [1.165, 1.54) is 13.2 Å². The number of nitrogens with one attached hydrogen (secondary N) is 2. The standard InChI is InChI=1S/C9H10ClNO3.C9H9NO3.CH2O3.2K.H/c1-14-6-2-3-7(8(12)4-6)11-9(13)5-10;1-12-6-2-3-7-8(4-6)13-5-9(11)10-7;2-1-4-3;;;/h2-4,12H,5H2,1H3,(H,11,13);2-4H,5H2,1H3,(H,10,11);1,3H;;;/q;;;2*+1;-1/p-1. The molecule has 33 heavy (non-hydrogen) atoms. The minimum Gasteiger partial charge on any atom is -1.00 e. The van der Waals surface area contributed by atoms with Crippen molar-refractivity contribution in [3.63, 3.8) is 0 Å². The van der Waals surface area contributed by atoms with E-state index in [4.69, 9.17) is 35.9 Å². The average Bonchev–Trinajstić information content (AvgIpc) is 2.80. The Labute approximate surface area is 281 Å². The van der Waals surface area contributed by atoms with Crippen molar-refractivity contribution in [3.8, 4) is 23.0 Å². The van der Waals surface area contributed by atoms with Gasteiger partial charge in [-0.1, -0.05) is 0 Å². The van der Waals surface area contributed by atoms with Crippen molar-refractivity contribution in [3.05, 3.63) is 36.4 Å². The van der Waals surface area contributed by atoms with Crippen molar-refractivity contribution >= 4 is 41.3 Å². The van der Waals surface area contributed by atoms with E-state index in [-0.39, 0.29) is 141 Å². The molecule has 170 valence electrons. The Bertz CT molecular complexity index is 910. The van der Waals surface area contributed by atoms with Gasteiger partial charge in [-0.15, -0.1) is 11.6 Å². The van der Waals surface area contributed by atoms with Gasteiger partial charge in [0.15, 0.2) is 6.61 Å². The van der Waals surface area contributed by atoms with E-state index < -0.39 is 0 Å². The number of anilines is 2. The fourth-order valence-corrected chi connectivity index (χ4v) is 2.18. The predicted molar refractivity (Wildman–Crippen MR) is 109 cm³/mol. The van der Waals surface area contributed by atoms with E-state index in [1.807, 2.05) is 0 Å². The van der Waals surface area contributed by atoms with Crippen LogP contribution in [0, 0.1) is 0 Å². The summed E-state index contributed by atoms with van der Waals surface area (Å²) in [4.78, 5) is 33.1. The molecule has 14 heteroatoms. The zero-order valence-electron chi connectivity index (χ0n) is 19.5. The summed E-state index contributed by atoms with van der Waals surface area (Å²) in [5.41, 5.74) is 1.01. The van der Waals surface area contributed by atoms with E-state index in [1.54, 1.807) is 37.4 Å². The second kappa shape index (κ2) is 19.8. The van der Waals surface area contributed by atoms with E-state index in [0.717, 1.165) is 5.75 Å². The molecule has 2 amide bonds. The van der Waals surface area contributed by atoms with E-state index in [2.05, 4.69) is 15.5 Å². The first-order valence-corrected chi connectivity index (χ1v) is 8.97. The van der Waals surface area contributed by atoms with Gasteiger partial charge in [0.2, 0.25) is 5.91 Å². The van der Waals surface area contributed by atoms with Crippen LogP contribution in [-0.4, -0.2) is 50.1 Å². The number of aromatic hydroxyl groups is 1. The second-order valence-electron chi connectivity index (χ2n) is 5.46. The molecule has 0 saturated carbocycles. The van der Waals surface area contributed by atoms with Crippen LogP contribution in [0.25, 0.3) is 0 Å². The maximum Gasteiger partial charge on any atom is 1.00 e. The third kappa shape index (κ3) is 13.3. The number of benzene rings is 2. The number of hydrogen-bond donors (Lipinski definition) is 3. The summed E-state index contributed by atoms with van der Waals surface area (Å²) >= 11 is 5.29. The van der Waals surface area contributed by atoms with Crippen LogP contribution in [-0.2, 0) is 19.3 Å². The van der Waals surface area contributed by atoms with Crippen molar-refractivity contribution in [2.75, 3.05) is 37.3 Å². The normalized spacial score (nSPS) is 10.2. The first-order chi connectivity index (χ1) is 14.9. The quantitative estimate of drug-likeness (QED) is 0.0855. The molecule has 1 aliphatic heterocycles. The summed E-state index contributed by atoms with van der Waals surface area (Å²) in [6, 6.07) is 9.85. The molecule has 0 unspecified atom stereocenters. The molecule has 2 aromatic carbocycles. The molecule has 1 heterocycles. The zero-order valence-corrected chi connectivity index (χ0v) is 25.5. The van der Waals surface area contributed by atoms with Crippen LogP contribution in [0.2, 0.25) is 0 Å². The molecule has 1 aliphatic rings. The maximum atomic E-state index is 10.9. The van der Waals surface area contributed by atoms with Crippen molar-refractivity contribution < 1.29 is 148 Å². The molecule has 11 nitrogen and oxygen atoms in total. The second-order valence-corrected chi connectivity index (χ2v) is 5.72. The molecule has 0 atom stereocenters. The number of carbonyl (C=O) groups is 3. The van der Waals surface area contributed by atoms with E-state index in [0.29, 0.717) is 22.9 Å². The van der Waals surface area contributed by atoms with E-state index in [9.17, 15) is 14.7 Å². The molecular formula is C19H21ClK2N2O9. The van der Waals surface area contributed by atoms with Crippen LogP contribution in [0.5, 0.6) is 23.0 Å². The smallest absolute Gasteiger partial charge is 1.00 e. The summed E-state index contributed by atoms with van der Waals surface area (Å²) in [5.74, 6) is 1.19. The average molecular weight is 535 g/mol. The molecule has 3 N–H and O–H groups in total. The van der Waals surface area contributed by atoms with Gasteiger partial charge in [-0.05, 0) is 24.3 Å². The third-order valence-electron chi connectivity index (χ3n) is 3.46. The van der Waals surface area contributed by atoms with Gasteiger partial charge in [0, 0.05) is 12.1 Å². The van der Waals surface area contributed by atoms with Crippen LogP contribution in [0.4, 0.5) is 11.4 Å². The third-order valence-corrected chi connectivity index (χ3v) is 3.70. The monoisotopic (exact) mass is 534 g/mol. The predicted octanol–water partition coefficient (Wildman–Crippen LogP) is -4.84. The van der Waals surface area contributed by atoms with Crippen LogP contribution in [0.3, 0.4) is 0 Å². The van der Waals surface area contributed by atoms with Gasteiger partial charge in [0.05, 0.1) is 25.6 Å². The Kier molecular flexibility index (Phi) is 20.9. The van der Waals surface area contributed by atoms with Crippen LogP contribution in [0.15, 0.2) is 36.4 Å². The van der Waals surface area contributed by atoms with E-state index >= 15 is 0 Å². The molecule has 0 aliphatic carbocycles. The van der Waals surface area contributed by atoms with Gasteiger partial charge >= 0.3 is 103 Å². The number of halogens is 1. The van der Waals surface area contributed by atoms with Crippen LogP contribution >= 0.6 is 11.6 Å². The Morgan fingerprint density at radius 1 is 1.24 bits per heavy atom. The molecular weight excluding hydrogens is 514 g/mol. The number of carbonyl (C=O) groups excluding carboxylic acids is 3. The fourth-order valence-electron chi connectivity index (χ4n) is 2.11. The number of ether oxygens (including phenoxy) is 3. The minimum absolute atomic E-state index is 0. The molecule has 0 saturated heterocycles. The molecule has 0 bridgehead atoms. The Balaban J connectivity index is -0.000000455. The van der Waals surface area contributed by atoms with Gasteiger partial charge in [0.1, 0.15) is 28.9 Å². The van der Waals surface area contributed by atoms with Crippen LogP contribution in [0.1, 0.15) is 1.43 Å². The summed E-state index contributed by atoms with van der Waals surface area (Å²) in [7, 11) is 3.08. The molecule has 2 aromatic rings. The molecule has 3 rings (SSSR count). The number of alkyl halides is 1. The number of rotatable bonds is 5. The number of phenols is 1. The Morgan fingerprint density at radius 3 is 2.33 bits per heavy atom. The summed E-state index contributed by atoms with van der Waals surface area (Å²) < 4.78 is 15.1. The summed E-state index contributed by atoms with van der Waals surface area (Å²) in [5, 5.41) is 23.0. The SMILES string of the molecule is COc1ccc(NC(=O)CCl)c(O)c1.COc1ccc2c(c1)OCC(=O)N2.O=CO[O-].[H-].[K+].[K+]. The first kappa shape index (κ1) is 34.7. The van der Waals surface area contributed by atoms with Gasteiger partial charge in [-0.2, -0.15) is 0 Å². The number of methoxy groups -OCH3 is 2. The van der Waals surface area contributed by atoms with Crippen molar-refractivity contribution in [1.82, 2.24) is 0 Å². The van der Waals surface area contributed by atoms with Crippen molar-refractivity contribution in [1.29, 1.82) is 0 Å².